The fourth-order valence-corrected chi connectivity index (χ4v) is 10.2. The van der Waals surface area contributed by atoms with Crippen LogP contribution in [0.2, 0.25) is 0 Å². The summed E-state index contributed by atoms with van der Waals surface area (Å²) in [5.74, 6) is -1.66. The standard InChI is InChI=1S/C52H78N8O8/c1-33(53-5)47(61)57-45(51(65)59-29-17-27-43(59)49(63)55-41-25-15-21-37-19-9-11-23-39(37)41)35(3)67-31-13-7-8-14-32-68-36(4)46(58-48(62)34(2)54-6)52(66)60-30-18-28-44(60)50(64)56-42-26-16-22-38-20-10-12-24-40(38)42/h9-12,19-20,23-24,33-36,41-46,53-54H,7-8,13-18,21-22,25-32H2,1-6H3,(H,55,63)(H,56,64)(H,57,61)(H,58,62)/t33-,34-,35+,36+,41+,42+,43-,44-,45-,46-/m0/s1. The van der Waals surface area contributed by atoms with Gasteiger partial charge in [0.25, 0.3) is 0 Å². The smallest absolute Gasteiger partial charge is 0.248 e. The molecule has 2 aromatic carbocycles. The minimum absolute atomic E-state index is 0.102. The van der Waals surface area contributed by atoms with E-state index in [1.54, 1.807) is 51.6 Å². The van der Waals surface area contributed by atoms with Crippen LogP contribution in [-0.4, -0.2) is 134 Å². The van der Waals surface area contributed by atoms with Crippen LogP contribution >= 0.6 is 0 Å². The van der Waals surface area contributed by atoms with Gasteiger partial charge in [-0.05, 0) is 141 Å². The Morgan fingerprint density at radius 3 is 1.35 bits per heavy atom. The van der Waals surface area contributed by atoms with Crippen LogP contribution in [-0.2, 0) is 51.1 Å². The number of unbranched alkanes of at least 4 members (excludes halogenated alkanes) is 3. The molecule has 2 aliphatic carbocycles. The van der Waals surface area contributed by atoms with Crippen molar-refractivity contribution in [1.82, 2.24) is 41.7 Å². The predicted octanol–water partition coefficient (Wildman–Crippen LogP) is 3.91. The van der Waals surface area contributed by atoms with Crippen LogP contribution in [0.3, 0.4) is 0 Å². The molecule has 0 bridgehead atoms. The van der Waals surface area contributed by atoms with E-state index in [1.165, 1.54) is 11.1 Å². The number of nitrogens with one attached hydrogen (secondary N) is 6. The highest BCUT2D eigenvalue weighted by Crippen LogP contribution is 2.32. The van der Waals surface area contributed by atoms with Crippen molar-refractivity contribution in [2.45, 2.75) is 178 Å². The van der Waals surface area contributed by atoms with Gasteiger partial charge in [-0.1, -0.05) is 61.4 Å². The van der Waals surface area contributed by atoms with Crippen LogP contribution in [0.5, 0.6) is 0 Å². The summed E-state index contributed by atoms with van der Waals surface area (Å²) in [5.41, 5.74) is 4.76. The topological polar surface area (TPSA) is 200 Å². The zero-order chi connectivity index (χ0) is 48.7. The first kappa shape index (κ1) is 52.5. The van der Waals surface area contributed by atoms with Crippen molar-refractivity contribution in [3.63, 3.8) is 0 Å². The molecule has 2 aromatic rings. The zero-order valence-corrected chi connectivity index (χ0v) is 41.3. The van der Waals surface area contributed by atoms with Gasteiger partial charge < -0.3 is 51.2 Å². The number of ether oxygens (including phenoxy) is 2. The van der Waals surface area contributed by atoms with Gasteiger partial charge in [0.2, 0.25) is 35.4 Å². The molecule has 0 spiro atoms. The Morgan fingerprint density at radius 1 is 0.559 bits per heavy atom. The molecule has 16 nitrogen and oxygen atoms in total. The maximum absolute atomic E-state index is 14.3. The number of likely N-dealkylation sites (N-methyl/N-ethyl adjacent to an activating group) is 2. The van der Waals surface area contributed by atoms with E-state index in [2.05, 4.69) is 56.2 Å². The van der Waals surface area contributed by atoms with Crippen LogP contribution in [0.15, 0.2) is 48.5 Å². The molecule has 6 amide bonds. The molecule has 6 N–H and O–H groups in total. The van der Waals surface area contributed by atoms with Crippen LogP contribution in [0.4, 0.5) is 0 Å². The number of rotatable bonds is 23. The molecule has 4 aliphatic rings. The number of aryl methyl sites for hydroxylation is 2. The highest BCUT2D eigenvalue weighted by molar-refractivity contribution is 5.95. The van der Waals surface area contributed by atoms with E-state index >= 15 is 0 Å². The van der Waals surface area contributed by atoms with Crippen molar-refractivity contribution < 1.29 is 38.2 Å². The lowest BCUT2D eigenvalue weighted by molar-refractivity contribution is -0.145. The molecule has 2 aliphatic heterocycles. The summed E-state index contributed by atoms with van der Waals surface area (Å²) < 4.78 is 12.5. The number of carbonyl (C=O) groups is 6. The highest BCUT2D eigenvalue weighted by atomic mass is 16.5. The van der Waals surface area contributed by atoms with Crippen molar-refractivity contribution >= 4 is 35.4 Å². The summed E-state index contributed by atoms with van der Waals surface area (Å²) in [6.45, 7) is 8.56. The third-order valence-electron chi connectivity index (χ3n) is 14.6. The summed E-state index contributed by atoms with van der Waals surface area (Å²) in [6, 6.07) is 11.9. The summed E-state index contributed by atoms with van der Waals surface area (Å²) in [7, 11) is 3.36. The Labute approximate surface area is 403 Å². The van der Waals surface area contributed by atoms with Gasteiger partial charge in [-0.15, -0.1) is 0 Å². The van der Waals surface area contributed by atoms with Crippen molar-refractivity contribution in [1.29, 1.82) is 0 Å². The van der Waals surface area contributed by atoms with Crippen LogP contribution in [0, 0.1) is 0 Å². The minimum Gasteiger partial charge on any atom is -0.376 e. The second-order valence-corrected chi connectivity index (χ2v) is 19.2. The fourth-order valence-electron chi connectivity index (χ4n) is 10.2. The van der Waals surface area contributed by atoms with E-state index in [-0.39, 0.29) is 47.5 Å². The first-order valence-corrected chi connectivity index (χ1v) is 25.4. The van der Waals surface area contributed by atoms with Gasteiger partial charge in [-0.3, -0.25) is 28.8 Å². The van der Waals surface area contributed by atoms with Gasteiger partial charge in [0.1, 0.15) is 24.2 Å². The molecule has 0 aromatic heterocycles. The largest absolute Gasteiger partial charge is 0.376 e. The average Bonchev–Trinajstić information content (AvgIpc) is 4.06. The van der Waals surface area contributed by atoms with E-state index in [1.807, 2.05) is 24.3 Å². The molecule has 68 heavy (non-hydrogen) atoms. The maximum atomic E-state index is 14.3. The lowest BCUT2D eigenvalue weighted by atomic mass is 9.87. The van der Waals surface area contributed by atoms with Crippen molar-refractivity contribution in [2.75, 3.05) is 40.4 Å². The summed E-state index contributed by atoms with van der Waals surface area (Å²) in [5, 5.41) is 18.2. The van der Waals surface area contributed by atoms with E-state index in [9.17, 15) is 28.8 Å². The van der Waals surface area contributed by atoms with E-state index in [0.717, 1.165) is 62.5 Å². The number of amides is 6. The lowest BCUT2D eigenvalue weighted by Crippen LogP contribution is -2.59. The van der Waals surface area contributed by atoms with Crippen molar-refractivity contribution in [3.8, 4) is 0 Å². The normalized spacial score (nSPS) is 22.7. The van der Waals surface area contributed by atoms with E-state index < -0.39 is 48.5 Å². The molecule has 2 saturated heterocycles. The highest BCUT2D eigenvalue weighted by Gasteiger charge is 2.43. The summed E-state index contributed by atoms with van der Waals surface area (Å²) >= 11 is 0. The number of hydrogen-bond donors (Lipinski definition) is 6. The average molecular weight is 943 g/mol. The monoisotopic (exact) mass is 943 g/mol. The molecule has 0 unspecified atom stereocenters. The summed E-state index contributed by atoms with van der Waals surface area (Å²) in [6.07, 6.45) is 9.78. The molecule has 2 fully saturated rings. The lowest BCUT2D eigenvalue weighted by Gasteiger charge is -2.33. The van der Waals surface area contributed by atoms with E-state index in [4.69, 9.17) is 9.47 Å². The van der Waals surface area contributed by atoms with Crippen LogP contribution in [0.1, 0.15) is 139 Å². The number of nitrogens with zero attached hydrogens (tertiary/aromatic N) is 2. The second kappa shape index (κ2) is 25.6. The minimum atomic E-state index is -0.983. The van der Waals surface area contributed by atoms with Crippen molar-refractivity contribution in [2.24, 2.45) is 0 Å². The maximum Gasteiger partial charge on any atom is 0.248 e. The summed E-state index contributed by atoms with van der Waals surface area (Å²) in [4.78, 5) is 85.7. The van der Waals surface area contributed by atoms with E-state index in [0.29, 0.717) is 64.8 Å². The SMILES string of the molecule is CN[C@@H](C)C(=O)N[C@H](C(=O)N1CCC[C@H]1C(=O)N[C@@H]1CCCc2ccccc21)[C@@H](C)OCCCCCCO[C@H](C)[C@H](NC(=O)[C@H](C)NC)C(=O)N1CCC[C@H]1C(=O)N[C@@H]1CCCc2ccccc21. The first-order valence-electron chi connectivity index (χ1n) is 25.4. The molecular weight excluding hydrogens is 865 g/mol. The Bertz CT molecular complexity index is 1890. The number of benzene rings is 2. The molecule has 0 radical (unpaired) electrons. The zero-order valence-electron chi connectivity index (χ0n) is 41.3. The van der Waals surface area contributed by atoms with Gasteiger partial charge in [0.15, 0.2) is 0 Å². The molecule has 2 heterocycles. The van der Waals surface area contributed by atoms with Gasteiger partial charge >= 0.3 is 0 Å². The van der Waals surface area contributed by atoms with Crippen LogP contribution < -0.4 is 31.9 Å². The number of carbonyl (C=O) groups excluding carboxylic acids is 6. The third kappa shape index (κ3) is 13.4. The quantitative estimate of drug-likeness (QED) is 0.0889. The predicted molar refractivity (Wildman–Crippen MR) is 260 cm³/mol. The first-order chi connectivity index (χ1) is 32.8. The molecule has 374 valence electrons. The number of fused-ring (bicyclic) bond motifs is 2. The molecule has 6 rings (SSSR count). The van der Waals surface area contributed by atoms with Gasteiger partial charge in [-0.2, -0.15) is 0 Å². The Balaban J connectivity index is 0.977. The number of hydrogen-bond acceptors (Lipinski definition) is 10. The fraction of sp³-hybridized carbons (Fsp3) is 0.654. The van der Waals surface area contributed by atoms with Gasteiger partial charge in [0.05, 0.1) is 36.4 Å². The Morgan fingerprint density at radius 2 is 0.956 bits per heavy atom. The Kier molecular flexibility index (Phi) is 19.8. The van der Waals surface area contributed by atoms with Crippen LogP contribution in [0.25, 0.3) is 0 Å². The molecule has 10 atom stereocenters. The Hall–Kier alpha value is -4.90. The van der Waals surface area contributed by atoms with Crippen molar-refractivity contribution in [3.05, 3.63) is 70.8 Å². The van der Waals surface area contributed by atoms with Gasteiger partial charge in [0, 0.05) is 26.3 Å². The molecular formula is C52H78N8O8. The molecule has 0 saturated carbocycles. The molecule has 16 heteroatoms. The third-order valence-corrected chi connectivity index (χ3v) is 14.6. The number of likely N-dealkylation sites (tertiary alicyclic amines) is 2. The van der Waals surface area contributed by atoms with Gasteiger partial charge in [-0.25, -0.2) is 0 Å². The second-order valence-electron chi connectivity index (χ2n) is 19.2.